The Morgan fingerprint density at radius 2 is 1.72 bits per heavy atom. The summed E-state index contributed by atoms with van der Waals surface area (Å²) in [5, 5.41) is 39.4. The lowest BCUT2D eigenvalue weighted by molar-refractivity contribution is 0.0979. The number of aromatic hydroxyl groups is 3. The maximum absolute atomic E-state index is 12.4. The highest BCUT2D eigenvalue weighted by Crippen LogP contribution is 2.33. The van der Waals surface area contributed by atoms with Crippen molar-refractivity contribution in [3.05, 3.63) is 65.2 Å². The molecular weight excluding hydrogens is 320 g/mol. The Hall–Kier alpha value is -2.79. The first-order valence-corrected chi connectivity index (χ1v) is 7.98. The average Bonchev–Trinajstić information content (AvgIpc) is 2.57. The van der Waals surface area contributed by atoms with E-state index < -0.39 is 6.10 Å². The molecule has 4 N–H and O–H groups in total. The predicted molar refractivity (Wildman–Crippen MR) is 95.1 cm³/mol. The first-order chi connectivity index (χ1) is 11.8. The lowest BCUT2D eigenvalue weighted by Crippen LogP contribution is -2.12. The van der Waals surface area contributed by atoms with Crippen LogP contribution < -0.4 is 0 Å². The monoisotopic (exact) mass is 342 g/mol. The van der Waals surface area contributed by atoms with Crippen LogP contribution in [0.3, 0.4) is 0 Å². The van der Waals surface area contributed by atoms with Crippen LogP contribution in [-0.2, 0) is 12.8 Å². The van der Waals surface area contributed by atoms with E-state index in [0.29, 0.717) is 12.0 Å². The van der Waals surface area contributed by atoms with Crippen molar-refractivity contribution in [2.75, 3.05) is 0 Å². The summed E-state index contributed by atoms with van der Waals surface area (Å²) < 4.78 is 0. The molecule has 0 aliphatic carbocycles. The fourth-order valence-corrected chi connectivity index (χ4v) is 2.47. The molecule has 132 valence electrons. The number of rotatable bonds is 7. The van der Waals surface area contributed by atoms with Crippen LogP contribution in [0.2, 0.25) is 0 Å². The number of benzene rings is 2. The summed E-state index contributed by atoms with van der Waals surface area (Å²) in [6.45, 7) is 5.28. The summed E-state index contributed by atoms with van der Waals surface area (Å²) in [6, 6.07) is 9.28. The number of aliphatic hydroxyl groups excluding tert-OH is 1. The molecule has 0 fully saturated rings. The summed E-state index contributed by atoms with van der Waals surface area (Å²) in [7, 11) is 0. The van der Waals surface area contributed by atoms with Gasteiger partial charge in [-0.25, -0.2) is 0 Å². The molecule has 2 aromatic carbocycles. The number of Topliss-reactive ketones (excluding diaryl/α,β-unsaturated/α-hetero) is 1. The molecule has 0 bridgehead atoms. The fourth-order valence-electron chi connectivity index (χ4n) is 2.47. The van der Waals surface area contributed by atoms with Gasteiger partial charge in [0.15, 0.2) is 5.78 Å². The molecule has 0 amide bonds. The van der Waals surface area contributed by atoms with Gasteiger partial charge in [0.1, 0.15) is 17.2 Å². The minimum atomic E-state index is -0.917. The smallest absolute Gasteiger partial charge is 0.166 e. The Bertz CT molecular complexity index is 777. The van der Waals surface area contributed by atoms with Crippen molar-refractivity contribution in [3.8, 4) is 17.2 Å². The molecule has 0 aliphatic heterocycles. The van der Waals surface area contributed by atoms with Gasteiger partial charge in [0, 0.05) is 18.4 Å². The van der Waals surface area contributed by atoms with Crippen molar-refractivity contribution in [2.45, 2.75) is 32.3 Å². The normalized spacial score (nSPS) is 11.9. The lowest BCUT2D eigenvalue weighted by Gasteiger charge is -2.15. The van der Waals surface area contributed by atoms with E-state index in [1.807, 2.05) is 0 Å². The highest BCUT2D eigenvalue weighted by Gasteiger charge is 2.20. The quantitative estimate of drug-likeness (QED) is 0.458. The minimum absolute atomic E-state index is 0.0217. The molecule has 5 heteroatoms. The van der Waals surface area contributed by atoms with E-state index in [2.05, 4.69) is 6.58 Å². The Morgan fingerprint density at radius 1 is 1.08 bits per heavy atom. The number of aryl methyl sites for hydroxylation is 1. The number of carbonyl (C=O) groups is 1. The third kappa shape index (κ3) is 4.61. The van der Waals surface area contributed by atoms with Crippen LogP contribution in [-0.4, -0.2) is 32.3 Å². The van der Waals surface area contributed by atoms with Crippen molar-refractivity contribution < 1.29 is 25.2 Å². The predicted octanol–water partition coefficient (Wildman–Crippen LogP) is 3.10. The van der Waals surface area contributed by atoms with Crippen LogP contribution >= 0.6 is 0 Å². The molecule has 0 saturated carbocycles. The highest BCUT2D eigenvalue weighted by atomic mass is 16.3. The van der Waals surface area contributed by atoms with E-state index in [4.69, 9.17) is 0 Å². The van der Waals surface area contributed by atoms with Gasteiger partial charge in [0.25, 0.3) is 0 Å². The highest BCUT2D eigenvalue weighted by molar-refractivity contribution is 5.99. The SMILES string of the molecule is C=C(C)C(O)Cc1c(O)ccc(C(=O)CCc2ccc(O)cc2)c1O. The Morgan fingerprint density at radius 3 is 2.32 bits per heavy atom. The van der Waals surface area contributed by atoms with E-state index in [9.17, 15) is 25.2 Å². The summed E-state index contributed by atoms with van der Waals surface area (Å²) in [4.78, 5) is 12.4. The van der Waals surface area contributed by atoms with E-state index in [1.54, 1.807) is 31.2 Å². The van der Waals surface area contributed by atoms with Gasteiger partial charge in [-0.15, -0.1) is 0 Å². The molecule has 1 unspecified atom stereocenters. The van der Waals surface area contributed by atoms with E-state index in [1.165, 1.54) is 12.1 Å². The van der Waals surface area contributed by atoms with Crippen molar-refractivity contribution in [1.82, 2.24) is 0 Å². The van der Waals surface area contributed by atoms with Gasteiger partial charge in [-0.1, -0.05) is 24.3 Å². The summed E-state index contributed by atoms with van der Waals surface area (Å²) in [6.07, 6.45) is -0.306. The second-order valence-electron chi connectivity index (χ2n) is 6.12. The first-order valence-electron chi connectivity index (χ1n) is 7.98. The van der Waals surface area contributed by atoms with Gasteiger partial charge in [-0.05, 0) is 43.2 Å². The lowest BCUT2D eigenvalue weighted by atomic mass is 9.95. The number of phenolic OH excluding ortho intramolecular Hbond substituents is 3. The summed E-state index contributed by atoms with van der Waals surface area (Å²) in [5.74, 6) is -0.590. The zero-order valence-electron chi connectivity index (χ0n) is 14.1. The molecule has 5 nitrogen and oxygen atoms in total. The maximum Gasteiger partial charge on any atom is 0.166 e. The summed E-state index contributed by atoms with van der Waals surface area (Å²) >= 11 is 0. The Kier molecular flexibility index (Phi) is 5.83. The second kappa shape index (κ2) is 7.85. The zero-order valence-corrected chi connectivity index (χ0v) is 14.1. The molecule has 1 atom stereocenters. The number of aliphatic hydroxyl groups is 1. The van der Waals surface area contributed by atoms with Crippen LogP contribution in [0.4, 0.5) is 0 Å². The average molecular weight is 342 g/mol. The van der Waals surface area contributed by atoms with Crippen LogP contribution in [0.5, 0.6) is 17.2 Å². The zero-order chi connectivity index (χ0) is 18.6. The van der Waals surface area contributed by atoms with E-state index in [-0.39, 0.29) is 47.0 Å². The molecule has 2 aromatic rings. The topological polar surface area (TPSA) is 98.0 Å². The molecule has 0 saturated heterocycles. The molecule has 0 spiro atoms. The van der Waals surface area contributed by atoms with E-state index >= 15 is 0 Å². The van der Waals surface area contributed by atoms with Crippen LogP contribution in [0.1, 0.15) is 34.8 Å². The van der Waals surface area contributed by atoms with Crippen molar-refractivity contribution in [1.29, 1.82) is 0 Å². The van der Waals surface area contributed by atoms with Crippen molar-refractivity contribution in [3.63, 3.8) is 0 Å². The first kappa shape index (κ1) is 18.5. The van der Waals surface area contributed by atoms with Gasteiger partial charge in [-0.2, -0.15) is 0 Å². The number of carbonyl (C=O) groups excluding carboxylic acids is 1. The number of phenols is 3. The maximum atomic E-state index is 12.4. The molecule has 0 radical (unpaired) electrons. The Labute approximate surface area is 146 Å². The summed E-state index contributed by atoms with van der Waals surface area (Å²) in [5.41, 5.74) is 1.64. The Balaban J connectivity index is 2.16. The van der Waals surface area contributed by atoms with Gasteiger partial charge < -0.3 is 20.4 Å². The molecule has 0 aliphatic rings. The standard InChI is InChI=1S/C20H22O5/c1-12(2)19(24)11-16-18(23)10-8-15(20(16)25)17(22)9-5-13-3-6-14(21)7-4-13/h3-4,6-8,10,19,21,23-25H,1,5,9,11H2,2H3. The fraction of sp³-hybridized carbons (Fsp3) is 0.250. The largest absolute Gasteiger partial charge is 0.508 e. The van der Waals surface area contributed by atoms with Gasteiger partial charge in [0.2, 0.25) is 0 Å². The van der Waals surface area contributed by atoms with E-state index in [0.717, 1.165) is 5.56 Å². The third-order valence-corrected chi connectivity index (χ3v) is 4.10. The van der Waals surface area contributed by atoms with Crippen LogP contribution in [0.15, 0.2) is 48.6 Å². The van der Waals surface area contributed by atoms with Gasteiger partial charge in [0.05, 0.1) is 11.7 Å². The molecule has 0 heterocycles. The van der Waals surface area contributed by atoms with Gasteiger partial charge >= 0.3 is 0 Å². The second-order valence-corrected chi connectivity index (χ2v) is 6.12. The molecule has 25 heavy (non-hydrogen) atoms. The third-order valence-electron chi connectivity index (χ3n) is 4.10. The molecular formula is C20H22O5. The minimum Gasteiger partial charge on any atom is -0.508 e. The van der Waals surface area contributed by atoms with Crippen LogP contribution in [0.25, 0.3) is 0 Å². The number of hydrogen-bond acceptors (Lipinski definition) is 5. The van der Waals surface area contributed by atoms with Gasteiger partial charge in [-0.3, -0.25) is 4.79 Å². The van der Waals surface area contributed by atoms with Crippen molar-refractivity contribution in [2.24, 2.45) is 0 Å². The molecule has 0 aromatic heterocycles. The number of ketones is 1. The number of hydrogen-bond donors (Lipinski definition) is 4. The molecule has 2 rings (SSSR count). The van der Waals surface area contributed by atoms with Crippen LogP contribution in [0, 0.1) is 0 Å². The van der Waals surface area contributed by atoms with Crippen molar-refractivity contribution >= 4 is 5.78 Å².